The summed E-state index contributed by atoms with van der Waals surface area (Å²) in [5.74, 6) is -1.18. The number of nitrogens with zero attached hydrogens (tertiary/aromatic N) is 2. The molecule has 0 saturated heterocycles. The highest BCUT2D eigenvalue weighted by Gasteiger charge is 2.42. The first-order valence-electron chi connectivity index (χ1n) is 6.15. The largest absolute Gasteiger partial charge is 0.480 e. The van der Waals surface area contributed by atoms with E-state index in [1.165, 1.54) is 13.8 Å². The van der Waals surface area contributed by atoms with Crippen molar-refractivity contribution in [1.29, 1.82) is 5.26 Å². The second kappa shape index (κ2) is 5.91. The maximum Gasteiger partial charge on any atom is 0.412 e. The standard InChI is InChI=1S/C13H22N2O4/c1-7-13(6,8-14)15(9(2)10(16)17)11(18)19-12(3,4)5/h9H,7H2,1-6H3,(H,16,17)/t9-,13?/m0/s1. The summed E-state index contributed by atoms with van der Waals surface area (Å²) < 4.78 is 5.19. The molecule has 2 atom stereocenters. The van der Waals surface area contributed by atoms with Crippen molar-refractivity contribution >= 4 is 12.1 Å². The van der Waals surface area contributed by atoms with Gasteiger partial charge >= 0.3 is 12.1 Å². The van der Waals surface area contributed by atoms with Crippen LogP contribution in [0, 0.1) is 11.3 Å². The molecular weight excluding hydrogens is 248 g/mol. The molecule has 0 radical (unpaired) electrons. The fraction of sp³-hybridized carbons (Fsp3) is 0.769. The quantitative estimate of drug-likeness (QED) is 0.847. The third-order valence-electron chi connectivity index (χ3n) is 2.80. The summed E-state index contributed by atoms with van der Waals surface area (Å²) in [7, 11) is 0. The average Bonchev–Trinajstić information content (AvgIpc) is 2.26. The number of hydrogen-bond donors (Lipinski definition) is 1. The summed E-state index contributed by atoms with van der Waals surface area (Å²) in [6, 6.07) is 0.853. The minimum Gasteiger partial charge on any atom is -0.480 e. The normalized spacial score (nSPS) is 15.8. The van der Waals surface area contributed by atoms with E-state index in [1.807, 2.05) is 6.07 Å². The van der Waals surface area contributed by atoms with Gasteiger partial charge in [-0.2, -0.15) is 5.26 Å². The maximum absolute atomic E-state index is 12.2. The van der Waals surface area contributed by atoms with E-state index < -0.39 is 29.2 Å². The fourth-order valence-corrected chi connectivity index (χ4v) is 1.51. The van der Waals surface area contributed by atoms with E-state index in [0.29, 0.717) is 6.42 Å². The molecule has 6 nitrogen and oxygen atoms in total. The molecule has 0 aliphatic rings. The van der Waals surface area contributed by atoms with Crippen molar-refractivity contribution in [2.24, 2.45) is 0 Å². The molecule has 1 N–H and O–H groups in total. The molecule has 0 aliphatic heterocycles. The third-order valence-corrected chi connectivity index (χ3v) is 2.80. The van der Waals surface area contributed by atoms with Gasteiger partial charge in [0.2, 0.25) is 0 Å². The third kappa shape index (κ3) is 4.43. The molecule has 108 valence electrons. The van der Waals surface area contributed by atoms with E-state index in [-0.39, 0.29) is 0 Å². The predicted octanol–water partition coefficient (Wildman–Crippen LogP) is 2.39. The van der Waals surface area contributed by atoms with Crippen LogP contribution >= 0.6 is 0 Å². The Bertz CT molecular complexity index is 394. The lowest BCUT2D eigenvalue weighted by atomic mass is 9.97. The smallest absolute Gasteiger partial charge is 0.412 e. The molecule has 0 rings (SSSR count). The zero-order valence-electron chi connectivity index (χ0n) is 12.4. The fourth-order valence-electron chi connectivity index (χ4n) is 1.51. The number of nitriles is 1. The van der Waals surface area contributed by atoms with Crippen LogP contribution < -0.4 is 0 Å². The van der Waals surface area contributed by atoms with Crippen LogP contribution in [0.3, 0.4) is 0 Å². The Kier molecular flexibility index (Phi) is 5.36. The van der Waals surface area contributed by atoms with Crippen LogP contribution in [0.4, 0.5) is 4.79 Å². The number of carboxylic acids is 1. The van der Waals surface area contributed by atoms with Crippen molar-refractivity contribution < 1.29 is 19.4 Å². The highest BCUT2D eigenvalue weighted by atomic mass is 16.6. The van der Waals surface area contributed by atoms with Crippen molar-refractivity contribution in [1.82, 2.24) is 4.90 Å². The lowest BCUT2D eigenvalue weighted by molar-refractivity contribution is -0.144. The maximum atomic E-state index is 12.2. The Morgan fingerprint density at radius 1 is 1.37 bits per heavy atom. The number of rotatable bonds is 4. The molecule has 19 heavy (non-hydrogen) atoms. The van der Waals surface area contributed by atoms with Crippen LogP contribution in [0.2, 0.25) is 0 Å². The van der Waals surface area contributed by atoms with Gasteiger partial charge in [0.15, 0.2) is 0 Å². The SMILES string of the molecule is CCC(C)(C#N)N(C(=O)OC(C)(C)C)[C@@H](C)C(=O)O. The summed E-state index contributed by atoms with van der Waals surface area (Å²) in [6.07, 6.45) is -0.492. The van der Waals surface area contributed by atoms with Gasteiger partial charge in [0.1, 0.15) is 17.2 Å². The second-order valence-corrected chi connectivity index (χ2v) is 5.60. The van der Waals surface area contributed by atoms with Crippen LogP contribution in [0.5, 0.6) is 0 Å². The van der Waals surface area contributed by atoms with Gasteiger partial charge in [0, 0.05) is 0 Å². The Hall–Kier alpha value is -1.77. The van der Waals surface area contributed by atoms with E-state index >= 15 is 0 Å². The molecule has 6 heteroatoms. The van der Waals surface area contributed by atoms with Crippen LogP contribution in [0.1, 0.15) is 48.0 Å². The van der Waals surface area contributed by atoms with E-state index in [4.69, 9.17) is 9.84 Å². The minimum absolute atomic E-state index is 0.306. The summed E-state index contributed by atoms with van der Waals surface area (Å²) in [4.78, 5) is 24.3. The molecule has 0 bridgehead atoms. The highest BCUT2D eigenvalue weighted by Crippen LogP contribution is 2.24. The molecule has 0 aliphatic carbocycles. The number of carboxylic acid groups (broad SMARTS) is 1. The molecule has 0 saturated carbocycles. The number of aliphatic carboxylic acids is 1. The summed E-state index contributed by atoms with van der Waals surface area (Å²) in [5, 5.41) is 18.3. The van der Waals surface area contributed by atoms with Crippen molar-refractivity contribution in [3.8, 4) is 6.07 Å². The number of carbonyl (C=O) groups excluding carboxylic acids is 1. The van der Waals surface area contributed by atoms with Gasteiger partial charge in [0.25, 0.3) is 0 Å². The van der Waals surface area contributed by atoms with Crippen molar-refractivity contribution in [2.45, 2.75) is 65.1 Å². The molecule has 0 aromatic rings. The number of carbonyl (C=O) groups is 2. The predicted molar refractivity (Wildman–Crippen MR) is 69.5 cm³/mol. The lowest BCUT2D eigenvalue weighted by Gasteiger charge is -2.38. The zero-order chi connectivity index (χ0) is 15.4. The van der Waals surface area contributed by atoms with Crippen LogP contribution in [0.25, 0.3) is 0 Å². The molecule has 0 fully saturated rings. The van der Waals surface area contributed by atoms with Crippen LogP contribution in [0.15, 0.2) is 0 Å². The number of ether oxygens (including phenoxy) is 1. The van der Waals surface area contributed by atoms with Gasteiger partial charge in [0.05, 0.1) is 6.07 Å². The zero-order valence-corrected chi connectivity index (χ0v) is 12.4. The van der Waals surface area contributed by atoms with Gasteiger partial charge in [-0.3, -0.25) is 4.90 Å². The average molecular weight is 270 g/mol. The van der Waals surface area contributed by atoms with E-state index in [2.05, 4.69) is 0 Å². The first-order valence-corrected chi connectivity index (χ1v) is 6.15. The summed E-state index contributed by atoms with van der Waals surface area (Å²) >= 11 is 0. The van der Waals surface area contributed by atoms with E-state index in [9.17, 15) is 14.9 Å². The van der Waals surface area contributed by atoms with Crippen LogP contribution in [-0.4, -0.2) is 39.3 Å². The first-order chi connectivity index (χ1) is 8.48. The molecule has 0 spiro atoms. The number of hydrogen-bond acceptors (Lipinski definition) is 4. The Balaban J connectivity index is 5.49. The molecule has 0 heterocycles. The Morgan fingerprint density at radius 3 is 2.11 bits per heavy atom. The Labute approximate surface area is 114 Å². The molecule has 0 aromatic carbocycles. The summed E-state index contributed by atoms with van der Waals surface area (Å²) in [6.45, 7) is 9.65. The molecule has 1 unspecified atom stereocenters. The Morgan fingerprint density at radius 2 is 1.84 bits per heavy atom. The van der Waals surface area contributed by atoms with Crippen LogP contribution in [-0.2, 0) is 9.53 Å². The first kappa shape index (κ1) is 17.2. The lowest BCUT2D eigenvalue weighted by Crippen LogP contribution is -2.56. The van der Waals surface area contributed by atoms with Crippen molar-refractivity contribution in [2.75, 3.05) is 0 Å². The van der Waals surface area contributed by atoms with E-state index in [0.717, 1.165) is 4.90 Å². The number of amides is 1. The van der Waals surface area contributed by atoms with Gasteiger partial charge in [-0.15, -0.1) is 0 Å². The van der Waals surface area contributed by atoms with Crippen molar-refractivity contribution in [3.63, 3.8) is 0 Å². The minimum atomic E-state index is -1.22. The van der Waals surface area contributed by atoms with Gasteiger partial charge in [-0.1, -0.05) is 6.92 Å². The molecular formula is C13H22N2O4. The van der Waals surface area contributed by atoms with E-state index in [1.54, 1.807) is 27.7 Å². The summed E-state index contributed by atoms with van der Waals surface area (Å²) in [5.41, 5.74) is -1.97. The van der Waals surface area contributed by atoms with Gasteiger partial charge in [-0.05, 0) is 41.0 Å². The van der Waals surface area contributed by atoms with Gasteiger partial charge < -0.3 is 9.84 Å². The topological polar surface area (TPSA) is 90.6 Å². The second-order valence-electron chi connectivity index (χ2n) is 5.60. The highest BCUT2D eigenvalue weighted by molar-refractivity contribution is 5.80. The monoisotopic (exact) mass is 270 g/mol. The molecule has 0 aromatic heterocycles. The molecule has 1 amide bonds. The van der Waals surface area contributed by atoms with Gasteiger partial charge in [-0.25, -0.2) is 9.59 Å². The van der Waals surface area contributed by atoms with Crippen molar-refractivity contribution in [3.05, 3.63) is 0 Å².